The zero-order valence-electron chi connectivity index (χ0n) is 12.3. The van der Waals surface area contributed by atoms with Gasteiger partial charge >= 0.3 is 0 Å². The fourth-order valence-corrected chi connectivity index (χ4v) is 2.58. The highest BCUT2D eigenvalue weighted by Gasteiger charge is 2.29. The molecule has 21 heavy (non-hydrogen) atoms. The Morgan fingerprint density at radius 1 is 1.57 bits per heavy atom. The van der Waals surface area contributed by atoms with Crippen LogP contribution in [0.4, 0.5) is 0 Å². The van der Waals surface area contributed by atoms with Gasteiger partial charge in [0.25, 0.3) is 5.91 Å². The predicted octanol–water partition coefficient (Wildman–Crippen LogP) is 0.490. The Labute approximate surface area is 121 Å². The Morgan fingerprint density at radius 3 is 3.10 bits per heavy atom. The number of aromatic amines is 1. The topological polar surface area (TPSA) is 97.7 Å². The van der Waals surface area contributed by atoms with Crippen LogP contribution < -0.4 is 5.32 Å². The minimum atomic E-state index is -0.209. The number of aryl methyl sites for hydroxylation is 1. The molecule has 0 spiro atoms. The number of rotatable bonds is 3. The van der Waals surface area contributed by atoms with Crippen molar-refractivity contribution in [3.8, 4) is 0 Å². The zero-order valence-corrected chi connectivity index (χ0v) is 12.3. The van der Waals surface area contributed by atoms with Crippen LogP contribution in [-0.4, -0.2) is 37.2 Å². The summed E-state index contributed by atoms with van der Waals surface area (Å²) in [4.78, 5) is 13.7. The Hall–Kier alpha value is -2.22. The van der Waals surface area contributed by atoms with E-state index in [9.17, 15) is 4.79 Å². The number of nitrogens with one attached hydrogen (secondary N) is 2. The van der Waals surface area contributed by atoms with Gasteiger partial charge in [-0.1, -0.05) is 0 Å². The molecule has 3 heterocycles. The molecule has 2 aromatic heterocycles. The highest BCUT2D eigenvalue weighted by atomic mass is 16.5. The number of aromatic nitrogens is 5. The number of amides is 1. The Kier molecular flexibility index (Phi) is 3.46. The summed E-state index contributed by atoms with van der Waals surface area (Å²) in [5.41, 5.74) is 2.98. The van der Waals surface area contributed by atoms with Gasteiger partial charge in [0.05, 0.1) is 30.6 Å². The quantitative estimate of drug-likeness (QED) is 0.857. The Balaban J connectivity index is 1.73. The third kappa shape index (κ3) is 2.66. The fraction of sp³-hybridized carbons (Fsp3) is 0.538. The second-order valence-electron chi connectivity index (χ2n) is 5.27. The summed E-state index contributed by atoms with van der Waals surface area (Å²) < 4.78 is 5.71. The van der Waals surface area contributed by atoms with Gasteiger partial charge in [-0.2, -0.15) is 20.1 Å². The van der Waals surface area contributed by atoms with Gasteiger partial charge in [0.1, 0.15) is 5.69 Å². The number of carbonyl (C=O) groups excluding carboxylic acids is 1. The molecule has 0 unspecified atom stereocenters. The summed E-state index contributed by atoms with van der Waals surface area (Å²) in [6.07, 6.45) is 2.32. The van der Waals surface area contributed by atoms with Crippen LogP contribution in [-0.2, 0) is 24.8 Å². The molecule has 0 fully saturated rings. The maximum Gasteiger partial charge on any atom is 0.272 e. The van der Waals surface area contributed by atoms with E-state index in [0.29, 0.717) is 24.4 Å². The molecule has 112 valence electrons. The third-order valence-corrected chi connectivity index (χ3v) is 3.53. The lowest BCUT2D eigenvalue weighted by Gasteiger charge is -2.25. The molecule has 0 radical (unpaired) electrons. The van der Waals surface area contributed by atoms with Gasteiger partial charge in [-0.05, 0) is 13.8 Å². The van der Waals surface area contributed by atoms with Gasteiger partial charge in [-0.3, -0.25) is 9.89 Å². The van der Waals surface area contributed by atoms with E-state index in [1.165, 1.54) is 4.80 Å². The number of nitrogens with zero attached hydrogens (tertiary/aromatic N) is 4. The minimum Gasteiger partial charge on any atom is -0.369 e. The van der Waals surface area contributed by atoms with Crippen molar-refractivity contribution in [3.05, 3.63) is 28.8 Å². The second kappa shape index (κ2) is 5.28. The Bertz CT molecular complexity index is 661. The molecule has 0 saturated carbocycles. The molecule has 1 aliphatic rings. The van der Waals surface area contributed by atoms with Gasteiger partial charge in [0.15, 0.2) is 5.69 Å². The summed E-state index contributed by atoms with van der Waals surface area (Å²) in [6, 6.07) is 0. The molecule has 8 heteroatoms. The van der Waals surface area contributed by atoms with Gasteiger partial charge in [-0.15, -0.1) is 0 Å². The highest BCUT2D eigenvalue weighted by molar-refractivity contribution is 5.94. The van der Waals surface area contributed by atoms with Gasteiger partial charge < -0.3 is 10.1 Å². The second-order valence-corrected chi connectivity index (χ2v) is 5.27. The molecule has 1 amide bonds. The van der Waals surface area contributed by atoms with E-state index in [-0.39, 0.29) is 18.1 Å². The SMILES string of the molecule is C[C@@H]1Cc2c(C(=O)NCc3cnn(C)n3)n[nH]c2[C@H](C)O1. The van der Waals surface area contributed by atoms with Crippen molar-refractivity contribution in [1.82, 2.24) is 30.5 Å². The van der Waals surface area contributed by atoms with E-state index in [4.69, 9.17) is 4.74 Å². The first kappa shape index (κ1) is 13.7. The number of H-pyrrole nitrogens is 1. The summed E-state index contributed by atoms with van der Waals surface area (Å²) in [7, 11) is 1.73. The number of fused-ring (bicyclic) bond motifs is 1. The molecule has 1 aliphatic heterocycles. The maximum absolute atomic E-state index is 12.3. The van der Waals surface area contributed by atoms with Crippen LogP contribution in [0.15, 0.2) is 6.20 Å². The summed E-state index contributed by atoms with van der Waals surface area (Å²) in [6.45, 7) is 4.28. The van der Waals surface area contributed by atoms with E-state index in [2.05, 4.69) is 25.7 Å². The first-order chi connectivity index (χ1) is 10.0. The minimum absolute atomic E-state index is 0.0715. The molecule has 8 nitrogen and oxygen atoms in total. The summed E-state index contributed by atoms with van der Waals surface area (Å²) in [5.74, 6) is -0.209. The lowest BCUT2D eigenvalue weighted by Crippen LogP contribution is -2.27. The average molecular weight is 290 g/mol. The zero-order chi connectivity index (χ0) is 15.0. The third-order valence-electron chi connectivity index (χ3n) is 3.53. The largest absolute Gasteiger partial charge is 0.369 e. The molecular weight excluding hydrogens is 272 g/mol. The van der Waals surface area contributed by atoms with E-state index < -0.39 is 0 Å². The van der Waals surface area contributed by atoms with Crippen LogP contribution in [0.1, 0.15) is 47.4 Å². The van der Waals surface area contributed by atoms with Crippen LogP contribution in [0.3, 0.4) is 0 Å². The standard InChI is InChI=1S/C13H18N6O2/c1-7-4-10-11(8(2)21-7)16-17-12(10)13(20)14-5-9-6-15-19(3)18-9/h6-8H,4-5H2,1-3H3,(H,14,20)(H,16,17)/t7-,8+/m1/s1. The molecule has 0 saturated heterocycles. The van der Waals surface area contributed by atoms with Crippen molar-refractivity contribution < 1.29 is 9.53 Å². The average Bonchev–Trinajstić information content (AvgIpc) is 3.02. The summed E-state index contributed by atoms with van der Waals surface area (Å²) >= 11 is 0. The lowest BCUT2D eigenvalue weighted by molar-refractivity contribution is -0.00697. The number of hydrogen-bond donors (Lipinski definition) is 2. The first-order valence-electron chi connectivity index (χ1n) is 6.90. The molecule has 0 bridgehead atoms. The maximum atomic E-state index is 12.3. The van der Waals surface area contributed by atoms with Crippen LogP contribution in [0.25, 0.3) is 0 Å². The van der Waals surface area contributed by atoms with Gasteiger partial charge in [0.2, 0.25) is 0 Å². The molecule has 2 atom stereocenters. The number of carbonyl (C=O) groups is 1. The smallest absolute Gasteiger partial charge is 0.272 e. The highest BCUT2D eigenvalue weighted by Crippen LogP contribution is 2.29. The molecule has 0 aliphatic carbocycles. The lowest BCUT2D eigenvalue weighted by atomic mass is 9.99. The van der Waals surface area contributed by atoms with E-state index in [1.807, 2.05) is 13.8 Å². The van der Waals surface area contributed by atoms with Crippen LogP contribution >= 0.6 is 0 Å². The first-order valence-corrected chi connectivity index (χ1v) is 6.90. The van der Waals surface area contributed by atoms with Crippen LogP contribution in [0, 0.1) is 0 Å². The molecule has 0 aromatic carbocycles. The fourth-order valence-electron chi connectivity index (χ4n) is 2.58. The van der Waals surface area contributed by atoms with E-state index >= 15 is 0 Å². The molecule has 2 N–H and O–H groups in total. The Morgan fingerprint density at radius 2 is 2.38 bits per heavy atom. The molecule has 3 rings (SSSR count). The normalized spacial score (nSPS) is 21.1. The summed E-state index contributed by atoms with van der Waals surface area (Å²) in [5, 5.41) is 18.0. The number of hydrogen-bond acceptors (Lipinski definition) is 5. The van der Waals surface area contributed by atoms with E-state index in [0.717, 1.165) is 11.3 Å². The van der Waals surface area contributed by atoms with Crippen LogP contribution in [0.5, 0.6) is 0 Å². The van der Waals surface area contributed by atoms with Crippen molar-refractivity contribution >= 4 is 5.91 Å². The van der Waals surface area contributed by atoms with Crippen molar-refractivity contribution in [2.75, 3.05) is 0 Å². The van der Waals surface area contributed by atoms with Gasteiger partial charge in [0, 0.05) is 19.0 Å². The molecule has 2 aromatic rings. The van der Waals surface area contributed by atoms with Gasteiger partial charge in [-0.25, -0.2) is 0 Å². The monoisotopic (exact) mass is 290 g/mol. The van der Waals surface area contributed by atoms with Crippen molar-refractivity contribution in [1.29, 1.82) is 0 Å². The molecular formula is C13H18N6O2. The van der Waals surface area contributed by atoms with Crippen molar-refractivity contribution in [2.45, 2.75) is 39.0 Å². The number of ether oxygens (including phenoxy) is 1. The van der Waals surface area contributed by atoms with Crippen molar-refractivity contribution in [2.24, 2.45) is 7.05 Å². The van der Waals surface area contributed by atoms with E-state index in [1.54, 1.807) is 13.2 Å². The van der Waals surface area contributed by atoms with Crippen molar-refractivity contribution in [3.63, 3.8) is 0 Å². The predicted molar refractivity (Wildman–Crippen MR) is 73.4 cm³/mol. The van der Waals surface area contributed by atoms with Crippen LogP contribution in [0.2, 0.25) is 0 Å².